The summed E-state index contributed by atoms with van der Waals surface area (Å²) in [6.07, 6.45) is -1.99. The Kier molecular flexibility index (Phi) is 5.82. The van der Waals surface area contributed by atoms with Gasteiger partial charge in [-0.2, -0.15) is 13.2 Å². The van der Waals surface area contributed by atoms with Gasteiger partial charge < -0.3 is 15.0 Å². The summed E-state index contributed by atoms with van der Waals surface area (Å²) in [5.74, 6) is 0.250. The SMILES string of the molecule is Cc1cc(N2CCCc3cc(OCC(F)(F)F)ccc3C2)cc(C)c1NC=O. The number of rotatable bonds is 5. The molecule has 2 aromatic rings. The van der Waals surface area contributed by atoms with E-state index in [-0.39, 0.29) is 5.75 Å². The lowest BCUT2D eigenvalue weighted by Gasteiger charge is -2.25. The number of amides is 1. The number of fused-ring (bicyclic) bond motifs is 1. The molecule has 3 rings (SSSR count). The zero-order chi connectivity index (χ0) is 20.3. The summed E-state index contributed by atoms with van der Waals surface area (Å²) in [4.78, 5) is 13.0. The molecule has 0 aromatic heterocycles. The Hall–Kier alpha value is -2.70. The van der Waals surface area contributed by atoms with Gasteiger partial charge in [-0.1, -0.05) is 6.07 Å². The summed E-state index contributed by atoms with van der Waals surface area (Å²) in [6.45, 7) is 4.15. The number of halogens is 3. The molecular formula is C21H23F3N2O2. The summed E-state index contributed by atoms with van der Waals surface area (Å²) >= 11 is 0. The first-order valence-corrected chi connectivity index (χ1v) is 9.14. The van der Waals surface area contributed by atoms with Gasteiger partial charge in [0.1, 0.15) is 5.75 Å². The lowest BCUT2D eigenvalue weighted by molar-refractivity contribution is -0.153. The molecule has 0 bridgehead atoms. The molecule has 0 radical (unpaired) electrons. The largest absolute Gasteiger partial charge is 0.484 e. The molecule has 0 fully saturated rings. The number of nitrogens with one attached hydrogen (secondary N) is 1. The minimum Gasteiger partial charge on any atom is -0.484 e. The van der Waals surface area contributed by atoms with E-state index in [1.165, 1.54) is 0 Å². The van der Waals surface area contributed by atoms with E-state index in [2.05, 4.69) is 10.2 Å². The van der Waals surface area contributed by atoms with Crippen LogP contribution in [0.2, 0.25) is 0 Å². The van der Waals surface area contributed by atoms with Crippen molar-refractivity contribution in [2.24, 2.45) is 0 Å². The summed E-state index contributed by atoms with van der Waals surface area (Å²) in [6, 6.07) is 9.26. The van der Waals surface area contributed by atoms with Crippen molar-refractivity contribution >= 4 is 17.8 Å². The zero-order valence-corrected chi connectivity index (χ0v) is 15.9. The lowest BCUT2D eigenvalue weighted by atomic mass is 10.0. The maximum atomic E-state index is 12.4. The van der Waals surface area contributed by atoms with Gasteiger partial charge in [-0.15, -0.1) is 0 Å². The van der Waals surface area contributed by atoms with E-state index < -0.39 is 12.8 Å². The van der Waals surface area contributed by atoms with E-state index in [0.29, 0.717) is 13.0 Å². The van der Waals surface area contributed by atoms with E-state index in [0.717, 1.165) is 53.0 Å². The van der Waals surface area contributed by atoms with Gasteiger partial charge in [0.15, 0.2) is 6.61 Å². The molecule has 0 saturated carbocycles. The van der Waals surface area contributed by atoms with Crippen molar-refractivity contribution in [3.05, 3.63) is 52.6 Å². The second kappa shape index (κ2) is 8.12. The molecular weight excluding hydrogens is 369 g/mol. The van der Waals surface area contributed by atoms with E-state index in [1.54, 1.807) is 12.1 Å². The van der Waals surface area contributed by atoms with Gasteiger partial charge in [-0.05, 0) is 73.2 Å². The molecule has 1 aliphatic heterocycles. The minimum absolute atomic E-state index is 0.250. The average Bonchev–Trinajstić information content (AvgIpc) is 2.84. The Morgan fingerprint density at radius 1 is 1.14 bits per heavy atom. The Morgan fingerprint density at radius 2 is 1.86 bits per heavy atom. The number of alkyl halides is 3. The molecule has 2 aromatic carbocycles. The Bertz CT molecular complexity index is 842. The molecule has 1 heterocycles. The Labute approximate surface area is 162 Å². The normalized spacial score (nSPS) is 14.2. The molecule has 0 saturated heterocycles. The molecule has 1 aliphatic rings. The Morgan fingerprint density at radius 3 is 2.50 bits per heavy atom. The molecule has 150 valence electrons. The van der Waals surface area contributed by atoms with Crippen LogP contribution in [-0.2, 0) is 17.8 Å². The van der Waals surface area contributed by atoms with Crippen molar-refractivity contribution in [2.45, 2.75) is 39.4 Å². The molecule has 7 heteroatoms. The standard InChI is InChI=1S/C21H23F3N2O2/c1-14-8-18(9-15(2)20(14)25-13-27)26-7-3-4-16-10-19(6-5-17(16)11-26)28-12-21(22,23)24/h5-6,8-10,13H,3-4,7,11-12H2,1-2H3,(H,25,27). The van der Waals surface area contributed by atoms with Crippen LogP contribution in [0.4, 0.5) is 24.5 Å². The number of ether oxygens (including phenoxy) is 1. The second-order valence-electron chi connectivity index (χ2n) is 7.08. The number of hydrogen-bond donors (Lipinski definition) is 1. The first-order valence-electron chi connectivity index (χ1n) is 9.14. The Balaban J connectivity index is 1.80. The lowest BCUT2D eigenvalue weighted by Crippen LogP contribution is -2.23. The summed E-state index contributed by atoms with van der Waals surface area (Å²) in [5.41, 5.74) is 5.97. The summed E-state index contributed by atoms with van der Waals surface area (Å²) in [7, 11) is 0. The number of nitrogens with zero attached hydrogens (tertiary/aromatic N) is 1. The topological polar surface area (TPSA) is 41.6 Å². The van der Waals surface area contributed by atoms with Crippen molar-refractivity contribution in [1.82, 2.24) is 0 Å². The van der Waals surface area contributed by atoms with Crippen LogP contribution < -0.4 is 15.0 Å². The third-order valence-corrected chi connectivity index (χ3v) is 4.90. The van der Waals surface area contributed by atoms with E-state index in [4.69, 9.17) is 4.74 Å². The number of carbonyl (C=O) groups is 1. The van der Waals surface area contributed by atoms with Crippen LogP contribution >= 0.6 is 0 Å². The fourth-order valence-corrected chi connectivity index (χ4v) is 3.62. The molecule has 0 spiro atoms. The predicted octanol–water partition coefficient (Wildman–Crippen LogP) is 4.77. The third kappa shape index (κ3) is 4.77. The molecule has 1 amide bonds. The quantitative estimate of drug-likeness (QED) is 0.746. The maximum Gasteiger partial charge on any atom is 0.422 e. The van der Waals surface area contributed by atoms with Crippen LogP contribution in [0, 0.1) is 13.8 Å². The van der Waals surface area contributed by atoms with Crippen LogP contribution in [0.1, 0.15) is 28.7 Å². The smallest absolute Gasteiger partial charge is 0.422 e. The fraction of sp³-hybridized carbons (Fsp3) is 0.381. The summed E-state index contributed by atoms with van der Waals surface area (Å²) in [5, 5.41) is 2.74. The molecule has 0 unspecified atom stereocenters. The third-order valence-electron chi connectivity index (χ3n) is 4.90. The first kappa shape index (κ1) is 20.0. The van der Waals surface area contributed by atoms with Gasteiger partial charge in [0.2, 0.25) is 6.41 Å². The van der Waals surface area contributed by atoms with Crippen LogP contribution in [0.15, 0.2) is 30.3 Å². The van der Waals surface area contributed by atoms with Crippen LogP contribution in [0.5, 0.6) is 5.75 Å². The number of anilines is 2. The highest BCUT2D eigenvalue weighted by atomic mass is 19.4. The molecule has 28 heavy (non-hydrogen) atoms. The number of carbonyl (C=O) groups excluding carboxylic acids is 1. The van der Waals surface area contributed by atoms with Crippen molar-refractivity contribution < 1.29 is 22.7 Å². The van der Waals surface area contributed by atoms with Gasteiger partial charge in [-0.25, -0.2) is 0 Å². The molecule has 1 N–H and O–H groups in total. The van der Waals surface area contributed by atoms with E-state index in [9.17, 15) is 18.0 Å². The number of hydrogen-bond acceptors (Lipinski definition) is 3. The first-order chi connectivity index (χ1) is 13.3. The summed E-state index contributed by atoms with van der Waals surface area (Å²) < 4.78 is 42.0. The van der Waals surface area contributed by atoms with E-state index >= 15 is 0 Å². The highest BCUT2D eigenvalue weighted by molar-refractivity contribution is 5.77. The number of aryl methyl sites for hydroxylation is 3. The molecule has 0 aliphatic carbocycles. The van der Waals surface area contributed by atoms with Gasteiger partial charge in [-0.3, -0.25) is 4.79 Å². The monoisotopic (exact) mass is 392 g/mol. The van der Waals surface area contributed by atoms with Crippen molar-refractivity contribution in [3.63, 3.8) is 0 Å². The highest BCUT2D eigenvalue weighted by Crippen LogP contribution is 2.31. The zero-order valence-electron chi connectivity index (χ0n) is 15.9. The highest BCUT2D eigenvalue weighted by Gasteiger charge is 2.28. The number of benzene rings is 2. The van der Waals surface area contributed by atoms with Gasteiger partial charge in [0.25, 0.3) is 0 Å². The van der Waals surface area contributed by atoms with Crippen LogP contribution in [-0.4, -0.2) is 25.7 Å². The van der Waals surface area contributed by atoms with Crippen LogP contribution in [0.25, 0.3) is 0 Å². The van der Waals surface area contributed by atoms with Gasteiger partial charge >= 0.3 is 6.18 Å². The molecule has 4 nitrogen and oxygen atoms in total. The van der Waals surface area contributed by atoms with Crippen molar-refractivity contribution in [3.8, 4) is 5.75 Å². The fourth-order valence-electron chi connectivity index (χ4n) is 3.62. The van der Waals surface area contributed by atoms with E-state index in [1.807, 2.05) is 32.0 Å². The van der Waals surface area contributed by atoms with Gasteiger partial charge in [0, 0.05) is 24.5 Å². The maximum absolute atomic E-state index is 12.4. The second-order valence-corrected chi connectivity index (χ2v) is 7.08. The van der Waals surface area contributed by atoms with Crippen LogP contribution in [0.3, 0.4) is 0 Å². The predicted molar refractivity (Wildman–Crippen MR) is 103 cm³/mol. The minimum atomic E-state index is -4.34. The van der Waals surface area contributed by atoms with Crippen molar-refractivity contribution in [1.29, 1.82) is 0 Å². The molecule has 0 atom stereocenters. The van der Waals surface area contributed by atoms with Gasteiger partial charge in [0.05, 0.1) is 0 Å². The average molecular weight is 392 g/mol. The van der Waals surface area contributed by atoms with Crippen molar-refractivity contribution in [2.75, 3.05) is 23.4 Å².